The van der Waals surface area contributed by atoms with Crippen molar-refractivity contribution in [3.05, 3.63) is 12.4 Å². The Bertz CT molecular complexity index is 444. The summed E-state index contributed by atoms with van der Waals surface area (Å²) in [5.41, 5.74) is -1.56. The summed E-state index contributed by atoms with van der Waals surface area (Å²) < 4.78 is 5.53. The van der Waals surface area contributed by atoms with Gasteiger partial charge in [-0.25, -0.2) is 9.97 Å². The lowest BCUT2D eigenvalue weighted by Crippen LogP contribution is -2.53. The summed E-state index contributed by atoms with van der Waals surface area (Å²) in [7, 11) is -1.19. The molecule has 0 radical (unpaired) electrons. The van der Waals surface area contributed by atoms with Gasteiger partial charge >= 0.3 is 7.12 Å². The molecule has 0 aliphatic rings. The maximum absolute atomic E-state index is 10.1. The number of rotatable bonds is 7. The molecule has 1 heterocycles. The van der Waals surface area contributed by atoms with Crippen molar-refractivity contribution in [1.82, 2.24) is 9.97 Å². The standard InChI is InChI=1S/C14H26BN3O3/c1-10(2)7-16-12-17-8-11(9-18-12)15(20)21-14(5,6)13(3,4)19/h8-10,19-20H,7H2,1-6H3,(H,16,17,18). The van der Waals surface area contributed by atoms with Crippen molar-refractivity contribution in [2.75, 3.05) is 11.9 Å². The Morgan fingerprint density at radius 1 is 1.24 bits per heavy atom. The average molecular weight is 295 g/mol. The summed E-state index contributed by atoms with van der Waals surface area (Å²) in [5, 5.41) is 23.2. The molecule has 21 heavy (non-hydrogen) atoms. The molecule has 118 valence electrons. The number of nitrogens with zero attached hydrogens (tertiary/aromatic N) is 2. The molecule has 0 saturated carbocycles. The van der Waals surface area contributed by atoms with Crippen LogP contribution in [0.5, 0.6) is 0 Å². The zero-order valence-corrected chi connectivity index (χ0v) is 13.7. The summed E-state index contributed by atoms with van der Waals surface area (Å²) in [6.45, 7) is 11.7. The molecule has 0 aliphatic heterocycles. The van der Waals surface area contributed by atoms with Crippen molar-refractivity contribution in [3.8, 4) is 0 Å². The Morgan fingerprint density at radius 2 is 1.76 bits per heavy atom. The van der Waals surface area contributed by atoms with Crippen LogP contribution in [0.25, 0.3) is 0 Å². The van der Waals surface area contributed by atoms with Gasteiger partial charge in [-0.1, -0.05) is 13.8 Å². The minimum atomic E-state index is -1.19. The van der Waals surface area contributed by atoms with E-state index in [1.807, 2.05) is 0 Å². The predicted molar refractivity (Wildman–Crippen MR) is 84.4 cm³/mol. The Balaban J connectivity index is 2.69. The molecule has 0 aromatic carbocycles. The van der Waals surface area contributed by atoms with Crippen LogP contribution >= 0.6 is 0 Å². The number of aliphatic hydroxyl groups is 1. The van der Waals surface area contributed by atoms with E-state index in [-0.39, 0.29) is 0 Å². The molecular formula is C14H26BN3O3. The Hall–Kier alpha value is -1.18. The number of anilines is 1. The SMILES string of the molecule is CC(C)CNc1ncc(B(O)OC(C)(C)C(C)(C)O)cn1. The molecule has 0 atom stereocenters. The lowest BCUT2D eigenvalue weighted by atomic mass is 9.78. The molecule has 0 unspecified atom stereocenters. The van der Waals surface area contributed by atoms with E-state index in [2.05, 4.69) is 29.1 Å². The van der Waals surface area contributed by atoms with Crippen molar-refractivity contribution in [2.24, 2.45) is 5.92 Å². The highest BCUT2D eigenvalue weighted by molar-refractivity contribution is 6.59. The van der Waals surface area contributed by atoms with E-state index in [4.69, 9.17) is 4.65 Å². The van der Waals surface area contributed by atoms with E-state index in [9.17, 15) is 10.1 Å². The fraction of sp³-hybridized carbons (Fsp3) is 0.714. The van der Waals surface area contributed by atoms with Gasteiger partial charge in [0.1, 0.15) is 0 Å². The molecule has 1 aromatic heterocycles. The van der Waals surface area contributed by atoms with Crippen LogP contribution in [-0.2, 0) is 4.65 Å². The van der Waals surface area contributed by atoms with Gasteiger partial charge in [0.15, 0.2) is 0 Å². The molecular weight excluding hydrogens is 269 g/mol. The zero-order valence-electron chi connectivity index (χ0n) is 13.7. The molecule has 0 aliphatic carbocycles. The van der Waals surface area contributed by atoms with Crippen LogP contribution in [0.3, 0.4) is 0 Å². The largest absolute Gasteiger partial charge is 0.494 e. The number of hydrogen-bond donors (Lipinski definition) is 3. The van der Waals surface area contributed by atoms with Crippen LogP contribution < -0.4 is 10.8 Å². The van der Waals surface area contributed by atoms with E-state index in [0.29, 0.717) is 17.3 Å². The number of nitrogens with one attached hydrogen (secondary N) is 1. The van der Waals surface area contributed by atoms with Gasteiger partial charge in [0.05, 0.1) is 11.2 Å². The highest BCUT2D eigenvalue weighted by Gasteiger charge is 2.39. The molecule has 1 rings (SSSR count). The summed E-state index contributed by atoms with van der Waals surface area (Å²) in [6.07, 6.45) is 3.03. The number of hydrogen-bond acceptors (Lipinski definition) is 6. The first-order valence-corrected chi connectivity index (χ1v) is 7.17. The second kappa shape index (κ2) is 6.72. The molecule has 7 heteroatoms. The van der Waals surface area contributed by atoms with Gasteiger partial charge in [-0.15, -0.1) is 0 Å². The maximum Gasteiger partial charge on any atom is 0.494 e. The summed E-state index contributed by atoms with van der Waals surface area (Å²) in [4.78, 5) is 8.28. The first-order valence-electron chi connectivity index (χ1n) is 7.17. The third-order valence-electron chi connectivity index (χ3n) is 3.51. The Kier molecular flexibility index (Phi) is 5.72. The minimum absolute atomic E-state index is 0.447. The van der Waals surface area contributed by atoms with Crippen molar-refractivity contribution in [1.29, 1.82) is 0 Å². The second-order valence-corrected chi connectivity index (χ2v) is 6.65. The zero-order chi connectivity index (χ0) is 16.3. The predicted octanol–water partition coefficient (Wildman–Crippen LogP) is 0.798. The van der Waals surface area contributed by atoms with Gasteiger partial charge in [0.25, 0.3) is 0 Å². The molecule has 6 nitrogen and oxygen atoms in total. The summed E-state index contributed by atoms with van der Waals surface area (Å²) in [6, 6.07) is 0. The van der Waals surface area contributed by atoms with Crippen LogP contribution in [0.15, 0.2) is 12.4 Å². The Labute approximate surface area is 127 Å². The maximum atomic E-state index is 10.1. The van der Waals surface area contributed by atoms with Gasteiger partial charge in [-0.2, -0.15) is 0 Å². The molecule has 0 saturated heterocycles. The van der Waals surface area contributed by atoms with E-state index >= 15 is 0 Å². The van der Waals surface area contributed by atoms with Gasteiger partial charge in [0, 0.05) is 24.4 Å². The fourth-order valence-electron chi connectivity index (χ4n) is 1.34. The quantitative estimate of drug-likeness (QED) is 0.645. The van der Waals surface area contributed by atoms with Crippen molar-refractivity contribution in [2.45, 2.75) is 52.7 Å². The summed E-state index contributed by atoms with van der Waals surface area (Å²) >= 11 is 0. The molecule has 0 bridgehead atoms. The number of aromatic nitrogens is 2. The summed E-state index contributed by atoms with van der Waals surface area (Å²) in [5.74, 6) is 1.01. The van der Waals surface area contributed by atoms with E-state index < -0.39 is 18.3 Å². The topological polar surface area (TPSA) is 87.5 Å². The highest BCUT2D eigenvalue weighted by atomic mass is 16.5. The van der Waals surface area contributed by atoms with Crippen LogP contribution in [0, 0.1) is 5.92 Å². The van der Waals surface area contributed by atoms with Gasteiger partial charge in [-0.3, -0.25) is 0 Å². The highest BCUT2D eigenvalue weighted by Crippen LogP contribution is 2.25. The first-order chi connectivity index (χ1) is 9.53. The van der Waals surface area contributed by atoms with Crippen LogP contribution in [0.2, 0.25) is 0 Å². The fourth-order valence-corrected chi connectivity index (χ4v) is 1.34. The third kappa shape index (κ3) is 5.26. The lowest BCUT2D eigenvalue weighted by Gasteiger charge is -2.38. The molecule has 0 amide bonds. The molecule has 0 spiro atoms. The van der Waals surface area contributed by atoms with E-state index in [1.54, 1.807) is 27.7 Å². The van der Waals surface area contributed by atoms with Crippen molar-refractivity contribution >= 4 is 18.5 Å². The first kappa shape index (κ1) is 17.9. The monoisotopic (exact) mass is 295 g/mol. The van der Waals surface area contributed by atoms with Crippen molar-refractivity contribution < 1.29 is 14.8 Å². The van der Waals surface area contributed by atoms with Crippen molar-refractivity contribution in [3.63, 3.8) is 0 Å². The minimum Gasteiger partial charge on any atom is -0.423 e. The second-order valence-electron chi connectivity index (χ2n) is 6.65. The molecule has 0 fully saturated rings. The normalized spacial score (nSPS) is 12.6. The average Bonchev–Trinajstić information content (AvgIpc) is 2.35. The van der Waals surface area contributed by atoms with Crippen LogP contribution in [0.4, 0.5) is 5.95 Å². The molecule has 3 N–H and O–H groups in total. The van der Waals surface area contributed by atoms with E-state index in [0.717, 1.165) is 6.54 Å². The molecule has 1 aromatic rings. The Morgan fingerprint density at radius 3 is 2.19 bits per heavy atom. The van der Waals surface area contributed by atoms with Crippen LogP contribution in [-0.4, -0.2) is 45.0 Å². The van der Waals surface area contributed by atoms with Gasteiger partial charge in [0.2, 0.25) is 5.95 Å². The van der Waals surface area contributed by atoms with Crippen LogP contribution in [0.1, 0.15) is 41.5 Å². The van der Waals surface area contributed by atoms with Gasteiger partial charge in [-0.05, 0) is 33.6 Å². The van der Waals surface area contributed by atoms with Gasteiger partial charge < -0.3 is 20.1 Å². The van der Waals surface area contributed by atoms with E-state index in [1.165, 1.54) is 12.4 Å². The third-order valence-corrected chi connectivity index (χ3v) is 3.51. The smallest absolute Gasteiger partial charge is 0.423 e. The lowest BCUT2D eigenvalue weighted by molar-refractivity contribution is -0.0982.